The molecule has 0 aliphatic heterocycles. The van der Waals surface area contributed by atoms with Crippen LogP contribution in [0.25, 0.3) is 0 Å². The molecule has 0 aromatic carbocycles. The molecule has 4 nitrogen and oxygen atoms in total. The van der Waals surface area contributed by atoms with Gasteiger partial charge in [0, 0.05) is 6.92 Å². The van der Waals surface area contributed by atoms with Crippen molar-refractivity contribution in [2.24, 2.45) is 39.7 Å². The Morgan fingerprint density at radius 1 is 1.15 bits per heavy atom. The highest BCUT2D eigenvalue weighted by Crippen LogP contribution is 2.66. The number of allylic oxidation sites excluding steroid dienone is 2. The standard InChI is InChI=1S/C23H35NO3/c1-14(24-26)19-7-8-20-18-6-5-16-13-17(27-15(2)25)9-11-22(16,3)21(18)10-12-23(19,20)4/h7,16-18,20-21,26H,5-6,8-13H2,1-4H3/b24-14-/t16-,17+,18+,20-,21+,22-,23+/m0/s1. The van der Waals surface area contributed by atoms with Gasteiger partial charge in [-0.15, -0.1) is 0 Å². The number of hydrogen-bond donors (Lipinski definition) is 1. The Hall–Kier alpha value is -1.32. The molecule has 4 heteroatoms. The number of esters is 1. The molecule has 0 spiro atoms. The molecule has 0 amide bonds. The number of oxime groups is 1. The maximum absolute atomic E-state index is 11.4. The van der Waals surface area contributed by atoms with Gasteiger partial charge in [-0.3, -0.25) is 4.79 Å². The van der Waals surface area contributed by atoms with Crippen LogP contribution in [0.1, 0.15) is 79.1 Å². The number of rotatable bonds is 2. The van der Waals surface area contributed by atoms with Crippen molar-refractivity contribution < 1.29 is 14.7 Å². The third-order valence-corrected chi connectivity index (χ3v) is 9.07. The van der Waals surface area contributed by atoms with Gasteiger partial charge >= 0.3 is 5.97 Å². The van der Waals surface area contributed by atoms with Crippen LogP contribution in [0.15, 0.2) is 16.8 Å². The van der Waals surface area contributed by atoms with E-state index >= 15 is 0 Å². The van der Waals surface area contributed by atoms with Crippen LogP contribution >= 0.6 is 0 Å². The van der Waals surface area contributed by atoms with Gasteiger partial charge in [0.05, 0.1) is 5.71 Å². The van der Waals surface area contributed by atoms with Crippen molar-refractivity contribution in [2.45, 2.75) is 85.2 Å². The molecule has 0 saturated heterocycles. The molecule has 27 heavy (non-hydrogen) atoms. The number of ether oxygens (including phenoxy) is 1. The number of carbonyl (C=O) groups is 1. The third kappa shape index (κ3) is 2.86. The van der Waals surface area contributed by atoms with Crippen LogP contribution in [0.2, 0.25) is 0 Å². The molecule has 3 saturated carbocycles. The monoisotopic (exact) mass is 373 g/mol. The smallest absolute Gasteiger partial charge is 0.302 e. The van der Waals surface area contributed by atoms with Gasteiger partial charge in [-0.25, -0.2) is 0 Å². The van der Waals surface area contributed by atoms with Gasteiger partial charge in [0.25, 0.3) is 0 Å². The molecule has 0 heterocycles. The van der Waals surface area contributed by atoms with Crippen LogP contribution in [0, 0.1) is 34.5 Å². The quantitative estimate of drug-likeness (QED) is 0.307. The number of hydrogen-bond acceptors (Lipinski definition) is 4. The summed E-state index contributed by atoms with van der Waals surface area (Å²) in [6.07, 6.45) is 11.9. The van der Waals surface area contributed by atoms with Gasteiger partial charge in [0.15, 0.2) is 0 Å². The maximum atomic E-state index is 11.4. The Morgan fingerprint density at radius 3 is 2.63 bits per heavy atom. The first-order valence-electron chi connectivity index (χ1n) is 10.9. The molecule has 0 aromatic heterocycles. The first kappa shape index (κ1) is 19.0. The zero-order chi connectivity index (χ0) is 19.4. The van der Waals surface area contributed by atoms with E-state index in [0.29, 0.717) is 17.3 Å². The van der Waals surface area contributed by atoms with E-state index in [1.807, 2.05) is 6.92 Å². The highest BCUT2D eigenvalue weighted by Gasteiger charge is 2.59. The molecule has 4 aliphatic carbocycles. The third-order valence-electron chi connectivity index (χ3n) is 9.07. The van der Waals surface area contributed by atoms with Gasteiger partial charge in [0.1, 0.15) is 6.10 Å². The fraction of sp³-hybridized carbons (Fsp3) is 0.826. The fourth-order valence-electron chi connectivity index (χ4n) is 7.74. The zero-order valence-corrected chi connectivity index (χ0v) is 17.3. The number of nitrogens with zero attached hydrogens (tertiary/aromatic N) is 1. The maximum Gasteiger partial charge on any atom is 0.302 e. The number of fused-ring (bicyclic) bond motifs is 5. The molecule has 1 N–H and O–H groups in total. The minimum Gasteiger partial charge on any atom is -0.463 e. The van der Waals surface area contributed by atoms with E-state index in [1.54, 1.807) is 0 Å². The van der Waals surface area contributed by atoms with E-state index in [9.17, 15) is 10.0 Å². The molecule has 0 radical (unpaired) electrons. The molecule has 3 fully saturated rings. The number of carbonyl (C=O) groups excluding carboxylic acids is 1. The van der Waals surface area contributed by atoms with Crippen molar-refractivity contribution >= 4 is 11.7 Å². The lowest BCUT2D eigenvalue weighted by Gasteiger charge is -2.60. The molecule has 150 valence electrons. The molecule has 4 rings (SSSR count). The average Bonchev–Trinajstić information content (AvgIpc) is 2.98. The summed E-state index contributed by atoms with van der Waals surface area (Å²) in [5.41, 5.74) is 2.67. The van der Waals surface area contributed by atoms with Gasteiger partial charge < -0.3 is 9.94 Å². The summed E-state index contributed by atoms with van der Waals surface area (Å²) >= 11 is 0. The van der Waals surface area contributed by atoms with Gasteiger partial charge in [-0.05, 0) is 98.4 Å². The van der Waals surface area contributed by atoms with Crippen molar-refractivity contribution in [3.8, 4) is 0 Å². The van der Waals surface area contributed by atoms with E-state index < -0.39 is 0 Å². The predicted molar refractivity (Wildman–Crippen MR) is 106 cm³/mol. The highest BCUT2D eigenvalue weighted by molar-refractivity contribution is 5.99. The summed E-state index contributed by atoms with van der Waals surface area (Å²) in [4.78, 5) is 11.4. The van der Waals surface area contributed by atoms with E-state index in [2.05, 4.69) is 25.1 Å². The Labute approximate surface area is 163 Å². The minimum atomic E-state index is -0.129. The molecule has 7 atom stereocenters. The van der Waals surface area contributed by atoms with E-state index in [0.717, 1.165) is 36.8 Å². The fourth-order valence-corrected chi connectivity index (χ4v) is 7.74. The van der Waals surface area contributed by atoms with Crippen molar-refractivity contribution in [3.05, 3.63) is 11.6 Å². The summed E-state index contributed by atoms with van der Waals surface area (Å²) in [6, 6.07) is 0. The van der Waals surface area contributed by atoms with Crippen molar-refractivity contribution in [3.63, 3.8) is 0 Å². The largest absolute Gasteiger partial charge is 0.463 e. The van der Waals surface area contributed by atoms with Crippen LogP contribution in [-0.4, -0.2) is 23.0 Å². The molecule has 0 aromatic rings. The summed E-state index contributed by atoms with van der Waals surface area (Å²) < 4.78 is 5.58. The van der Waals surface area contributed by atoms with Crippen LogP contribution in [-0.2, 0) is 9.53 Å². The molecular weight excluding hydrogens is 338 g/mol. The zero-order valence-electron chi connectivity index (χ0n) is 17.3. The van der Waals surface area contributed by atoms with E-state index in [-0.39, 0.29) is 17.5 Å². The van der Waals surface area contributed by atoms with Gasteiger partial charge in [-0.1, -0.05) is 25.1 Å². The lowest BCUT2D eigenvalue weighted by molar-refractivity contribution is -0.158. The Bertz CT molecular complexity index is 683. The SMILES string of the molecule is CC(=O)O[C@@H]1CC[C@@]2(C)[C@@H](CC[C@H]3[C@H]2CC[C@]2(C)C(/C(C)=N\O)=CC[C@@H]32)C1. The summed E-state index contributed by atoms with van der Waals surface area (Å²) in [5, 5.41) is 12.9. The van der Waals surface area contributed by atoms with Crippen LogP contribution in [0.3, 0.4) is 0 Å². The average molecular weight is 374 g/mol. The normalized spacial score (nSPS) is 46.7. The second kappa shape index (κ2) is 6.63. The van der Waals surface area contributed by atoms with Crippen LogP contribution in [0.5, 0.6) is 0 Å². The summed E-state index contributed by atoms with van der Waals surface area (Å²) in [6.45, 7) is 8.42. The van der Waals surface area contributed by atoms with E-state index in [1.165, 1.54) is 44.6 Å². The Morgan fingerprint density at radius 2 is 1.93 bits per heavy atom. The summed E-state index contributed by atoms with van der Waals surface area (Å²) in [7, 11) is 0. The highest BCUT2D eigenvalue weighted by atomic mass is 16.5. The Kier molecular flexibility index (Phi) is 4.67. The second-order valence-electron chi connectivity index (χ2n) is 10.2. The molecule has 0 unspecified atom stereocenters. The van der Waals surface area contributed by atoms with Crippen LogP contribution < -0.4 is 0 Å². The Balaban J connectivity index is 1.54. The first-order valence-corrected chi connectivity index (χ1v) is 10.9. The second-order valence-corrected chi connectivity index (χ2v) is 10.2. The summed E-state index contributed by atoms with van der Waals surface area (Å²) in [5.74, 6) is 2.81. The van der Waals surface area contributed by atoms with Gasteiger partial charge in [-0.2, -0.15) is 0 Å². The first-order chi connectivity index (χ1) is 12.8. The lowest BCUT2D eigenvalue weighted by Crippen LogP contribution is -2.54. The lowest BCUT2D eigenvalue weighted by atomic mass is 9.44. The van der Waals surface area contributed by atoms with Crippen molar-refractivity contribution in [1.29, 1.82) is 0 Å². The minimum absolute atomic E-state index is 0.129. The van der Waals surface area contributed by atoms with Gasteiger partial charge in [0.2, 0.25) is 0 Å². The molecular formula is C23H35NO3. The van der Waals surface area contributed by atoms with Crippen molar-refractivity contribution in [2.75, 3.05) is 0 Å². The molecule has 0 bridgehead atoms. The van der Waals surface area contributed by atoms with Crippen molar-refractivity contribution in [1.82, 2.24) is 0 Å². The topological polar surface area (TPSA) is 58.9 Å². The van der Waals surface area contributed by atoms with Crippen LogP contribution in [0.4, 0.5) is 0 Å². The molecule has 4 aliphatic rings. The predicted octanol–water partition coefficient (Wildman–Crippen LogP) is 5.35. The van der Waals surface area contributed by atoms with E-state index in [4.69, 9.17) is 4.74 Å².